The molecule has 4 atom stereocenters. The van der Waals surface area contributed by atoms with E-state index in [-0.39, 0.29) is 48.3 Å². The monoisotopic (exact) mass is 599 g/mol. The van der Waals surface area contributed by atoms with Crippen LogP contribution in [0.15, 0.2) is 48.5 Å². The molecule has 10 heteroatoms. The average molecular weight is 601 g/mol. The van der Waals surface area contributed by atoms with E-state index in [1.54, 1.807) is 17.0 Å². The maximum absolute atomic E-state index is 14.0. The molecule has 8 nitrogen and oxygen atoms in total. The first-order chi connectivity index (χ1) is 19.8. The Bertz CT molecular complexity index is 1240. The number of fused-ring (bicyclic) bond motifs is 1. The van der Waals surface area contributed by atoms with E-state index in [4.69, 9.17) is 28.9 Å². The normalized spacial score (nSPS) is 23.5. The number of hydrogen-bond donors (Lipinski definition) is 3. The van der Waals surface area contributed by atoms with Crippen LogP contribution in [0.5, 0.6) is 0 Å². The molecule has 5 rings (SSSR count). The number of nitrogens with two attached hydrogens (primary N) is 1. The van der Waals surface area contributed by atoms with E-state index in [9.17, 15) is 14.4 Å². The third-order valence-corrected chi connectivity index (χ3v) is 9.25. The molecular weight excluding hydrogens is 561 g/mol. The highest BCUT2D eigenvalue weighted by molar-refractivity contribution is 6.42. The lowest BCUT2D eigenvalue weighted by Gasteiger charge is -2.32. The van der Waals surface area contributed by atoms with Gasteiger partial charge in [-0.2, -0.15) is 0 Å². The number of carbonyl (C=O) groups excluding carboxylic acids is 3. The highest BCUT2D eigenvalue weighted by Gasteiger charge is 2.45. The van der Waals surface area contributed by atoms with Crippen LogP contribution < -0.4 is 16.4 Å². The van der Waals surface area contributed by atoms with Gasteiger partial charge in [-0.1, -0.05) is 59.6 Å². The molecule has 0 bridgehead atoms. The maximum Gasteiger partial charge on any atom is 0.243 e. The van der Waals surface area contributed by atoms with Crippen LogP contribution in [0.1, 0.15) is 49.7 Å². The second kappa shape index (κ2) is 13.6. The first-order valence-corrected chi connectivity index (χ1v) is 15.4. The van der Waals surface area contributed by atoms with Crippen molar-refractivity contribution >= 4 is 40.9 Å². The Morgan fingerprint density at radius 1 is 1.00 bits per heavy atom. The summed E-state index contributed by atoms with van der Waals surface area (Å²) in [5.41, 5.74) is 8.46. The predicted octanol–water partition coefficient (Wildman–Crippen LogP) is 3.53. The summed E-state index contributed by atoms with van der Waals surface area (Å²) >= 11 is 12.2. The van der Waals surface area contributed by atoms with Crippen LogP contribution in [0, 0.1) is 5.92 Å². The van der Waals surface area contributed by atoms with Crippen LogP contribution in [-0.2, 0) is 27.3 Å². The van der Waals surface area contributed by atoms with Crippen LogP contribution in [0.4, 0.5) is 0 Å². The Hall–Kier alpha value is -2.65. The van der Waals surface area contributed by atoms with Crippen LogP contribution in [-0.4, -0.2) is 71.3 Å². The zero-order chi connectivity index (χ0) is 28.9. The van der Waals surface area contributed by atoms with Gasteiger partial charge in [-0.25, -0.2) is 0 Å². The highest BCUT2D eigenvalue weighted by atomic mass is 35.5. The molecule has 4 N–H and O–H groups in total. The van der Waals surface area contributed by atoms with Crippen molar-refractivity contribution in [1.29, 1.82) is 0 Å². The molecule has 2 aromatic carbocycles. The molecule has 2 aliphatic heterocycles. The number of carbonyl (C=O) groups is 3. The minimum absolute atomic E-state index is 0.0241. The summed E-state index contributed by atoms with van der Waals surface area (Å²) in [4.78, 5) is 44.0. The first kappa shape index (κ1) is 29.8. The van der Waals surface area contributed by atoms with Gasteiger partial charge in [-0.15, -0.1) is 0 Å². The summed E-state index contributed by atoms with van der Waals surface area (Å²) in [6.07, 6.45) is 5.32. The Morgan fingerprint density at radius 3 is 2.51 bits per heavy atom. The van der Waals surface area contributed by atoms with Gasteiger partial charge in [-0.3, -0.25) is 19.3 Å². The topological polar surface area (TPSA) is 108 Å². The summed E-state index contributed by atoms with van der Waals surface area (Å²) in [6, 6.07) is 14.7. The fourth-order valence-electron chi connectivity index (χ4n) is 6.10. The lowest BCUT2D eigenvalue weighted by Crippen LogP contribution is -2.54. The predicted molar refractivity (Wildman–Crippen MR) is 160 cm³/mol. The zero-order valence-corrected chi connectivity index (χ0v) is 24.7. The molecule has 0 spiro atoms. The fraction of sp³-hybridized carbons (Fsp3) is 0.516. The van der Waals surface area contributed by atoms with E-state index in [2.05, 4.69) is 27.7 Å². The summed E-state index contributed by atoms with van der Waals surface area (Å²) in [5.74, 6) is -0.197. The van der Waals surface area contributed by atoms with Gasteiger partial charge >= 0.3 is 0 Å². The van der Waals surface area contributed by atoms with E-state index in [0.717, 1.165) is 37.7 Å². The lowest BCUT2D eigenvalue weighted by molar-refractivity contribution is -0.143. The van der Waals surface area contributed by atoms with Crippen molar-refractivity contribution < 1.29 is 14.4 Å². The summed E-state index contributed by atoms with van der Waals surface area (Å²) < 4.78 is 0. The number of benzene rings is 2. The second-order valence-corrected chi connectivity index (χ2v) is 12.4. The van der Waals surface area contributed by atoms with Crippen LogP contribution in [0.25, 0.3) is 0 Å². The molecule has 220 valence electrons. The average Bonchev–Trinajstić information content (AvgIpc) is 3.77. The lowest BCUT2D eigenvalue weighted by atomic mass is 10.0. The van der Waals surface area contributed by atoms with Crippen LogP contribution in [0.3, 0.4) is 0 Å². The minimum Gasteiger partial charge on any atom is -0.356 e. The Labute approximate surface area is 251 Å². The van der Waals surface area contributed by atoms with Crippen molar-refractivity contribution in [2.45, 2.75) is 75.7 Å². The highest BCUT2D eigenvalue weighted by Crippen LogP contribution is 2.31. The summed E-state index contributed by atoms with van der Waals surface area (Å²) in [7, 11) is 0. The van der Waals surface area contributed by atoms with Gasteiger partial charge in [0, 0.05) is 44.2 Å². The van der Waals surface area contributed by atoms with Crippen molar-refractivity contribution in [3.63, 3.8) is 0 Å². The number of amides is 3. The molecule has 1 unspecified atom stereocenters. The summed E-state index contributed by atoms with van der Waals surface area (Å²) in [5, 5.41) is 6.83. The van der Waals surface area contributed by atoms with Crippen LogP contribution in [0.2, 0.25) is 10.0 Å². The van der Waals surface area contributed by atoms with Gasteiger partial charge in [-0.05, 0) is 68.2 Å². The van der Waals surface area contributed by atoms with E-state index < -0.39 is 6.04 Å². The standard InChI is InChI=1S/C31H39Cl2N5O3/c32-25-11-7-21(16-26(25)33)18-36-30(40)27(12-14-35-29(39)22-8-9-22)37-15-13-24(10-6-20-4-2-1-3-5-20)38-19-23(34)17-28(38)31(37)41/h1-5,7,11,16,22-24,27-28H,6,8-10,12-15,17-19,34H2,(H,35,39)(H,36,40)/t23-,24?,27-,28+/m1/s1. The van der Waals surface area contributed by atoms with E-state index in [1.807, 2.05) is 24.3 Å². The molecule has 3 aliphatic rings. The second-order valence-electron chi connectivity index (χ2n) is 11.5. The number of halogens is 2. The number of nitrogens with one attached hydrogen (secondary N) is 2. The number of hydrogen-bond acceptors (Lipinski definition) is 5. The third-order valence-electron chi connectivity index (χ3n) is 8.52. The molecule has 3 fully saturated rings. The molecule has 2 saturated heterocycles. The molecule has 1 aliphatic carbocycles. The number of nitrogens with zero attached hydrogens (tertiary/aromatic N) is 2. The van der Waals surface area contributed by atoms with E-state index in [0.29, 0.717) is 42.5 Å². The molecule has 1 saturated carbocycles. The number of aryl methyl sites for hydroxylation is 1. The Balaban J connectivity index is 1.31. The van der Waals surface area contributed by atoms with Crippen LogP contribution >= 0.6 is 23.2 Å². The summed E-state index contributed by atoms with van der Waals surface area (Å²) in [6.45, 7) is 1.73. The smallest absolute Gasteiger partial charge is 0.243 e. The quantitative estimate of drug-likeness (QED) is 0.366. The molecule has 3 amide bonds. The molecular formula is C31H39Cl2N5O3. The fourth-order valence-corrected chi connectivity index (χ4v) is 6.42. The zero-order valence-electron chi connectivity index (χ0n) is 23.2. The molecule has 2 aromatic rings. The maximum atomic E-state index is 14.0. The van der Waals surface area contributed by atoms with Gasteiger partial charge in [0.2, 0.25) is 17.7 Å². The largest absolute Gasteiger partial charge is 0.356 e. The number of rotatable bonds is 11. The SMILES string of the molecule is N[C@@H]1C[C@H]2C(=O)N([C@H](CCNC(=O)C3CC3)C(=O)NCc3ccc(Cl)c(Cl)c3)CCC(CCc3ccccc3)N2C1. The van der Waals surface area contributed by atoms with Crippen molar-refractivity contribution in [3.05, 3.63) is 69.7 Å². The molecule has 0 radical (unpaired) electrons. The van der Waals surface area contributed by atoms with Gasteiger partial charge in [0.05, 0.1) is 16.1 Å². The first-order valence-electron chi connectivity index (χ1n) is 14.6. The van der Waals surface area contributed by atoms with Crippen molar-refractivity contribution in [1.82, 2.24) is 20.4 Å². The molecule has 0 aromatic heterocycles. The van der Waals surface area contributed by atoms with Gasteiger partial charge in [0.15, 0.2) is 0 Å². The van der Waals surface area contributed by atoms with E-state index >= 15 is 0 Å². The van der Waals surface area contributed by atoms with Gasteiger partial charge in [0.25, 0.3) is 0 Å². The van der Waals surface area contributed by atoms with Gasteiger partial charge in [0.1, 0.15) is 6.04 Å². The molecule has 2 heterocycles. The van der Waals surface area contributed by atoms with Crippen molar-refractivity contribution in [2.75, 3.05) is 19.6 Å². The minimum atomic E-state index is -0.712. The third kappa shape index (κ3) is 7.60. The Kier molecular flexibility index (Phi) is 9.86. The van der Waals surface area contributed by atoms with Crippen molar-refractivity contribution in [2.24, 2.45) is 11.7 Å². The van der Waals surface area contributed by atoms with Gasteiger partial charge < -0.3 is 21.3 Å². The van der Waals surface area contributed by atoms with E-state index in [1.165, 1.54) is 5.56 Å². The Morgan fingerprint density at radius 2 is 1.78 bits per heavy atom. The molecule has 41 heavy (non-hydrogen) atoms. The van der Waals surface area contributed by atoms with Crippen molar-refractivity contribution in [3.8, 4) is 0 Å².